The maximum absolute atomic E-state index is 12.7. The van der Waals surface area contributed by atoms with Crippen LogP contribution in [0.3, 0.4) is 0 Å². The van der Waals surface area contributed by atoms with Gasteiger partial charge in [0.1, 0.15) is 0 Å². The molecule has 3 unspecified atom stereocenters. The second kappa shape index (κ2) is 6.35. The highest BCUT2D eigenvalue weighted by molar-refractivity contribution is 7.89. The summed E-state index contributed by atoms with van der Waals surface area (Å²) in [7, 11) is -3.61. The van der Waals surface area contributed by atoms with Crippen LogP contribution in [0.5, 0.6) is 0 Å². The quantitative estimate of drug-likeness (QED) is 0.651. The first-order valence-electron chi connectivity index (χ1n) is 7.31. The number of hydrogen-bond acceptors (Lipinski definition) is 5. The number of sulfonamides is 1. The van der Waals surface area contributed by atoms with E-state index < -0.39 is 14.9 Å². The van der Waals surface area contributed by atoms with E-state index in [1.54, 1.807) is 6.92 Å². The van der Waals surface area contributed by atoms with Crippen LogP contribution in [0.25, 0.3) is 0 Å². The van der Waals surface area contributed by atoms with Crippen LogP contribution in [-0.4, -0.2) is 36.8 Å². The minimum absolute atomic E-state index is 0. The van der Waals surface area contributed by atoms with E-state index in [0.717, 1.165) is 12.8 Å². The first-order valence-corrected chi connectivity index (χ1v) is 8.75. The summed E-state index contributed by atoms with van der Waals surface area (Å²) >= 11 is 0. The van der Waals surface area contributed by atoms with Crippen molar-refractivity contribution in [3.05, 3.63) is 33.9 Å². The van der Waals surface area contributed by atoms with E-state index in [1.807, 2.05) is 0 Å². The summed E-state index contributed by atoms with van der Waals surface area (Å²) in [6.07, 6.45) is 1.93. The molecule has 1 aromatic carbocycles. The minimum Gasteiger partial charge on any atom is -0.327 e. The Morgan fingerprint density at radius 1 is 1.30 bits per heavy atom. The molecule has 1 aromatic rings. The third-order valence-electron chi connectivity index (χ3n) is 4.88. The second-order valence-corrected chi connectivity index (χ2v) is 8.13. The van der Waals surface area contributed by atoms with Gasteiger partial charge in [-0.3, -0.25) is 10.1 Å². The number of halogens is 1. The number of nitro benzene ring substituents is 1. The Labute approximate surface area is 141 Å². The highest BCUT2D eigenvalue weighted by Gasteiger charge is 2.45. The van der Waals surface area contributed by atoms with Gasteiger partial charge in [-0.15, -0.1) is 12.4 Å². The van der Waals surface area contributed by atoms with Gasteiger partial charge in [-0.2, -0.15) is 4.31 Å². The number of nitro groups is 1. The van der Waals surface area contributed by atoms with Gasteiger partial charge in [0, 0.05) is 30.8 Å². The Bertz CT molecular complexity index is 725. The summed E-state index contributed by atoms with van der Waals surface area (Å²) in [4.78, 5) is 10.4. The van der Waals surface area contributed by atoms with Crippen LogP contribution in [0.1, 0.15) is 18.4 Å². The van der Waals surface area contributed by atoms with Crippen molar-refractivity contribution in [2.75, 3.05) is 13.1 Å². The molecule has 128 valence electrons. The third kappa shape index (κ3) is 3.08. The molecule has 0 amide bonds. The molecule has 1 saturated heterocycles. The van der Waals surface area contributed by atoms with Crippen molar-refractivity contribution >= 4 is 28.1 Å². The summed E-state index contributed by atoms with van der Waals surface area (Å²) < 4.78 is 26.9. The molecule has 1 saturated carbocycles. The molecule has 3 rings (SSSR count). The van der Waals surface area contributed by atoms with Crippen molar-refractivity contribution in [1.29, 1.82) is 0 Å². The predicted octanol–water partition coefficient (Wildman–Crippen LogP) is 1.68. The van der Waals surface area contributed by atoms with E-state index in [0.29, 0.717) is 24.6 Å². The second-order valence-electron chi connectivity index (χ2n) is 6.19. The van der Waals surface area contributed by atoms with Gasteiger partial charge in [-0.1, -0.05) is 0 Å². The zero-order chi connectivity index (χ0) is 16.1. The monoisotopic (exact) mass is 361 g/mol. The van der Waals surface area contributed by atoms with Gasteiger partial charge in [0.2, 0.25) is 10.0 Å². The molecule has 2 fully saturated rings. The van der Waals surface area contributed by atoms with Crippen LogP contribution in [0.15, 0.2) is 23.1 Å². The molecule has 3 atom stereocenters. The predicted molar refractivity (Wildman–Crippen MR) is 88.0 cm³/mol. The van der Waals surface area contributed by atoms with E-state index in [9.17, 15) is 18.5 Å². The molecule has 0 radical (unpaired) electrons. The third-order valence-corrected chi connectivity index (χ3v) is 6.71. The molecule has 2 aliphatic rings. The lowest BCUT2D eigenvalue weighted by Gasteiger charge is -2.18. The van der Waals surface area contributed by atoms with Gasteiger partial charge < -0.3 is 5.73 Å². The molecule has 0 bridgehead atoms. The van der Waals surface area contributed by atoms with Gasteiger partial charge in [0.25, 0.3) is 5.69 Å². The van der Waals surface area contributed by atoms with Crippen molar-refractivity contribution in [3.63, 3.8) is 0 Å². The van der Waals surface area contributed by atoms with Gasteiger partial charge >= 0.3 is 0 Å². The molecule has 0 spiro atoms. The van der Waals surface area contributed by atoms with E-state index >= 15 is 0 Å². The van der Waals surface area contributed by atoms with Crippen molar-refractivity contribution in [2.45, 2.75) is 30.7 Å². The molecule has 1 aliphatic carbocycles. The molecule has 23 heavy (non-hydrogen) atoms. The molecule has 1 heterocycles. The van der Waals surface area contributed by atoms with Crippen LogP contribution in [0, 0.1) is 28.9 Å². The van der Waals surface area contributed by atoms with Gasteiger partial charge in [0.15, 0.2) is 0 Å². The lowest BCUT2D eigenvalue weighted by molar-refractivity contribution is -0.385. The van der Waals surface area contributed by atoms with E-state index in [-0.39, 0.29) is 34.9 Å². The Hall–Kier alpha value is -1.22. The van der Waals surface area contributed by atoms with Crippen LogP contribution in [0.2, 0.25) is 0 Å². The number of nitrogens with two attached hydrogens (primary N) is 1. The fourth-order valence-corrected chi connectivity index (χ4v) is 5.23. The van der Waals surface area contributed by atoms with E-state index in [1.165, 1.54) is 22.5 Å². The molecule has 9 heteroatoms. The first kappa shape index (κ1) is 18.1. The standard InChI is InChI=1S/C14H19N3O4S.ClH/c1-9-6-11(3-5-14(9)17(18)19)22(20,21)16-7-10-2-4-13(15)12(10)8-16;/h3,5-6,10,12-13H,2,4,7-8,15H2,1H3;1H. The fraction of sp³-hybridized carbons (Fsp3) is 0.571. The zero-order valence-corrected chi connectivity index (χ0v) is 14.3. The molecular weight excluding hydrogens is 342 g/mol. The summed E-state index contributed by atoms with van der Waals surface area (Å²) in [5, 5.41) is 10.8. The Balaban J connectivity index is 0.00000192. The topological polar surface area (TPSA) is 107 Å². The van der Waals surface area contributed by atoms with Crippen molar-refractivity contribution in [2.24, 2.45) is 17.6 Å². The average Bonchev–Trinajstić information content (AvgIpc) is 3.01. The number of nitrogens with zero attached hydrogens (tertiary/aromatic N) is 2. The maximum atomic E-state index is 12.7. The first-order chi connectivity index (χ1) is 10.3. The smallest absolute Gasteiger partial charge is 0.272 e. The van der Waals surface area contributed by atoms with Crippen LogP contribution >= 0.6 is 12.4 Å². The molecule has 2 N–H and O–H groups in total. The van der Waals surface area contributed by atoms with Crippen molar-refractivity contribution < 1.29 is 13.3 Å². The molecule has 7 nitrogen and oxygen atoms in total. The molecular formula is C14H20ClN3O4S. The summed E-state index contributed by atoms with van der Waals surface area (Å²) in [6, 6.07) is 4.02. The summed E-state index contributed by atoms with van der Waals surface area (Å²) in [6.45, 7) is 2.49. The number of rotatable bonds is 3. The van der Waals surface area contributed by atoms with Crippen LogP contribution in [-0.2, 0) is 10.0 Å². The minimum atomic E-state index is -3.61. The highest BCUT2D eigenvalue weighted by atomic mass is 35.5. The Kier molecular flexibility index (Phi) is 5.00. The number of benzene rings is 1. The van der Waals surface area contributed by atoms with Crippen molar-refractivity contribution in [3.8, 4) is 0 Å². The van der Waals surface area contributed by atoms with Gasteiger partial charge in [-0.25, -0.2) is 8.42 Å². The lowest BCUT2D eigenvalue weighted by Crippen LogP contribution is -2.33. The highest BCUT2D eigenvalue weighted by Crippen LogP contribution is 2.39. The largest absolute Gasteiger partial charge is 0.327 e. The zero-order valence-electron chi connectivity index (χ0n) is 12.7. The maximum Gasteiger partial charge on any atom is 0.272 e. The lowest BCUT2D eigenvalue weighted by atomic mass is 9.98. The van der Waals surface area contributed by atoms with Crippen LogP contribution < -0.4 is 5.73 Å². The molecule has 0 aromatic heterocycles. The van der Waals surface area contributed by atoms with Gasteiger partial charge in [0.05, 0.1) is 9.82 Å². The van der Waals surface area contributed by atoms with Gasteiger partial charge in [-0.05, 0) is 43.7 Å². The summed E-state index contributed by atoms with van der Waals surface area (Å²) in [5.41, 5.74) is 6.32. The van der Waals surface area contributed by atoms with Crippen LogP contribution in [0.4, 0.5) is 5.69 Å². The Morgan fingerprint density at radius 2 is 2.00 bits per heavy atom. The van der Waals surface area contributed by atoms with E-state index in [2.05, 4.69) is 0 Å². The average molecular weight is 362 g/mol. The normalized spacial score (nSPS) is 27.5. The number of hydrogen-bond donors (Lipinski definition) is 1. The number of aryl methyl sites for hydroxylation is 1. The summed E-state index contributed by atoms with van der Waals surface area (Å²) in [5.74, 6) is 0.567. The number of fused-ring (bicyclic) bond motifs is 1. The Morgan fingerprint density at radius 3 is 2.57 bits per heavy atom. The molecule has 1 aliphatic heterocycles. The van der Waals surface area contributed by atoms with E-state index in [4.69, 9.17) is 5.73 Å². The SMILES string of the molecule is Cc1cc(S(=O)(=O)N2CC3CCC(N)C3C2)ccc1[N+](=O)[O-].Cl. The van der Waals surface area contributed by atoms with Crippen molar-refractivity contribution in [1.82, 2.24) is 4.31 Å². The fourth-order valence-electron chi connectivity index (χ4n) is 3.61.